The first-order valence-corrected chi connectivity index (χ1v) is 11.6. The van der Waals surface area contributed by atoms with Crippen molar-refractivity contribution < 1.29 is 4.74 Å². The van der Waals surface area contributed by atoms with Gasteiger partial charge in [-0.15, -0.1) is 24.0 Å². The van der Waals surface area contributed by atoms with Crippen molar-refractivity contribution in [2.24, 2.45) is 4.99 Å². The SMILES string of the molecule is CCNC(=NCC(c1cccc(OC)c1)N1CCCC1)NCCCCSC.I. The topological polar surface area (TPSA) is 48.9 Å². The number of aliphatic imine (C=N–C) groups is 1. The summed E-state index contributed by atoms with van der Waals surface area (Å²) < 4.78 is 5.44. The van der Waals surface area contributed by atoms with E-state index in [2.05, 4.69) is 46.9 Å². The average molecular weight is 521 g/mol. The van der Waals surface area contributed by atoms with Crippen molar-refractivity contribution in [3.63, 3.8) is 0 Å². The lowest BCUT2D eigenvalue weighted by Crippen LogP contribution is -2.39. The van der Waals surface area contributed by atoms with Crippen LogP contribution in [0, 0.1) is 0 Å². The third-order valence-corrected chi connectivity index (χ3v) is 5.59. The van der Waals surface area contributed by atoms with Crippen molar-refractivity contribution in [3.05, 3.63) is 29.8 Å². The summed E-state index contributed by atoms with van der Waals surface area (Å²) in [4.78, 5) is 7.47. The third kappa shape index (κ3) is 8.78. The first kappa shape index (κ1) is 25.4. The second kappa shape index (κ2) is 15.2. The van der Waals surface area contributed by atoms with E-state index in [9.17, 15) is 0 Å². The average Bonchev–Trinajstić information content (AvgIpc) is 3.22. The number of guanidine groups is 1. The molecule has 0 aromatic heterocycles. The van der Waals surface area contributed by atoms with Gasteiger partial charge >= 0.3 is 0 Å². The van der Waals surface area contributed by atoms with Gasteiger partial charge in [-0.2, -0.15) is 11.8 Å². The van der Waals surface area contributed by atoms with E-state index in [1.165, 1.54) is 37.0 Å². The van der Waals surface area contributed by atoms with Crippen LogP contribution in [-0.4, -0.2) is 62.7 Å². The summed E-state index contributed by atoms with van der Waals surface area (Å²) in [5, 5.41) is 6.87. The van der Waals surface area contributed by atoms with Crippen molar-refractivity contribution in [3.8, 4) is 5.75 Å². The predicted octanol–water partition coefficient (Wildman–Crippen LogP) is 4.15. The zero-order valence-electron chi connectivity index (χ0n) is 17.6. The van der Waals surface area contributed by atoms with Gasteiger partial charge in [0.05, 0.1) is 19.7 Å². The molecule has 0 saturated carbocycles. The van der Waals surface area contributed by atoms with Crippen LogP contribution < -0.4 is 15.4 Å². The van der Waals surface area contributed by atoms with Crippen molar-refractivity contribution >= 4 is 41.7 Å². The Labute approximate surface area is 192 Å². The van der Waals surface area contributed by atoms with E-state index in [-0.39, 0.29) is 24.0 Å². The Bertz CT molecular complexity index is 567. The molecule has 1 aliphatic rings. The Balaban J connectivity index is 0.00000392. The lowest BCUT2D eigenvalue weighted by Gasteiger charge is -2.27. The molecule has 0 bridgehead atoms. The summed E-state index contributed by atoms with van der Waals surface area (Å²) in [6, 6.07) is 8.74. The van der Waals surface area contributed by atoms with Gasteiger partial charge < -0.3 is 15.4 Å². The summed E-state index contributed by atoms with van der Waals surface area (Å²) in [6.45, 7) is 7.02. The molecule has 2 N–H and O–H groups in total. The molecule has 2 rings (SSSR count). The molecule has 0 amide bonds. The standard InChI is InChI=1S/C21H36N4OS.HI/c1-4-22-21(23-12-5-8-15-27-3)24-17-20(25-13-6-7-14-25)18-10-9-11-19(16-18)26-2;/h9-11,16,20H,4-8,12-15,17H2,1-3H3,(H2,22,23,24);1H. The predicted molar refractivity (Wildman–Crippen MR) is 134 cm³/mol. The Kier molecular flexibility index (Phi) is 13.8. The number of halogens is 1. The number of rotatable bonds is 11. The van der Waals surface area contributed by atoms with E-state index < -0.39 is 0 Å². The van der Waals surface area contributed by atoms with Crippen molar-refractivity contribution in [1.82, 2.24) is 15.5 Å². The number of unbranched alkanes of at least 4 members (excludes halogenated alkanes) is 1. The summed E-state index contributed by atoms with van der Waals surface area (Å²) in [5.74, 6) is 3.07. The second-order valence-corrected chi connectivity index (χ2v) is 7.87. The number of nitrogens with one attached hydrogen (secondary N) is 2. The van der Waals surface area contributed by atoms with Crippen LogP contribution >= 0.6 is 35.7 Å². The first-order chi connectivity index (χ1) is 13.3. The third-order valence-electron chi connectivity index (χ3n) is 4.89. The molecule has 0 radical (unpaired) electrons. The van der Waals surface area contributed by atoms with Crippen LogP contribution in [0.15, 0.2) is 29.3 Å². The Morgan fingerprint density at radius 2 is 2.04 bits per heavy atom. The molecule has 5 nitrogen and oxygen atoms in total. The molecule has 1 aliphatic heterocycles. The highest BCUT2D eigenvalue weighted by Crippen LogP contribution is 2.27. The second-order valence-electron chi connectivity index (χ2n) is 6.88. The minimum Gasteiger partial charge on any atom is -0.497 e. The molecular formula is C21H37IN4OS. The molecule has 1 heterocycles. The number of likely N-dealkylation sites (tertiary alicyclic amines) is 1. The molecular weight excluding hydrogens is 483 g/mol. The van der Waals surface area contributed by atoms with Gasteiger partial charge in [0, 0.05) is 13.1 Å². The van der Waals surface area contributed by atoms with Crippen LogP contribution in [0.1, 0.15) is 44.2 Å². The minimum absolute atomic E-state index is 0. The van der Waals surface area contributed by atoms with E-state index in [1.807, 2.05) is 17.8 Å². The van der Waals surface area contributed by atoms with Gasteiger partial charge in [-0.1, -0.05) is 12.1 Å². The fourth-order valence-corrected chi connectivity index (χ4v) is 3.92. The van der Waals surface area contributed by atoms with E-state index in [0.717, 1.165) is 44.4 Å². The highest BCUT2D eigenvalue weighted by Gasteiger charge is 2.23. The van der Waals surface area contributed by atoms with E-state index >= 15 is 0 Å². The van der Waals surface area contributed by atoms with Crippen molar-refractivity contribution in [2.45, 2.75) is 38.6 Å². The lowest BCUT2D eigenvalue weighted by molar-refractivity contribution is 0.251. The molecule has 1 unspecified atom stereocenters. The Morgan fingerprint density at radius 3 is 2.71 bits per heavy atom. The summed E-state index contributed by atoms with van der Waals surface area (Å²) in [5.41, 5.74) is 1.29. The largest absolute Gasteiger partial charge is 0.497 e. The molecule has 160 valence electrons. The molecule has 7 heteroatoms. The van der Waals surface area contributed by atoms with Crippen LogP contribution in [0.4, 0.5) is 0 Å². The molecule has 1 fully saturated rings. The summed E-state index contributed by atoms with van der Waals surface area (Å²) in [6.07, 6.45) is 7.14. The van der Waals surface area contributed by atoms with Crippen LogP contribution in [-0.2, 0) is 0 Å². The number of hydrogen-bond acceptors (Lipinski definition) is 4. The van der Waals surface area contributed by atoms with Gasteiger partial charge in [-0.3, -0.25) is 9.89 Å². The normalized spacial score (nSPS) is 15.8. The number of methoxy groups -OCH3 is 1. The smallest absolute Gasteiger partial charge is 0.191 e. The lowest BCUT2D eigenvalue weighted by atomic mass is 10.1. The maximum Gasteiger partial charge on any atom is 0.191 e. The highest BCUT2D eigenvalue weighted by molar-refractivity contribution is 14.0. The summed E-state index contributed by atoms with van der Waals surface area (Å²) >= 11 is 1.91. The van der Waals surface area contributed by atoms with Crippen LogP contribution in [0.3, 0.4) is 0 Å². The fourth-order valence-electron chi connectivity index (χ4n) is 3.43. The van der Waals surface area contributed by atoms with Crippen molar-refractivity contribution in [1.29, 1.82) is 0 Å². The monoisotopic (exact) mass is 520 g/mol. The molecule has 1 aromatic carbocycles. The van der Waals surface area contributed by atoms with Gasteiger partial charge in [-0.25, -0.2) is 0 Å². The molecule has 0 spiro atoms. The number of nitrogens with zero attached hydrogens (tertiary/aromatic N) is 2. The molecule has 1 atom stereocenters. The quantitative estimate of drug-likeness (QED) is 0.199. The number of thioether (sulfide) groups is 1. The van der Waals surface area contributed by atoms with Crippen LogP contribution in [0.2, 0.25) is 0 Å². The van der Waals surface area contributed by atoms with Crippen LogP contribution in [0.5, 0.6) is 5.75 Å². The Morgan fingerprint density at radius 1 is 1.25 bits per heavy atom. The Hall–Kier alpha value is -0.670. The van der Waals surface area contributed by atoms with Gasteiger partial charge in [0.1, 0.15) is 5.75 Å². The number of benzene rings is 1. The van der Waals surface area contributed by atoms with E-state index in [4.69, 9.17) is 9.73 Å². The van der Waals surface area contributed by atoms with Gasteiger partial charge in [0.2, 0.25) is 0 Å². The zero-order valence-corrected chi connectivity index (χ0v) is 20.7. The van der Waals surface area contributed by atoms with E-state index in [1.54, 1.807) is 7.11 Å². The number of ether oxygens (including phenoxy) is 1. The summed E-state index contributed by atoms with van der Waals surface area (Å²) in [7, 11) is 1.73. The van der Waals surface area contributed by atoms with E-state index in [0.29, 0.717) is 6.04 Å². The van der Waals surface area contributed by atoms with Crippen LogP contribution in [0.25, 0.3) is 0 Å². The highest BCUT2D eigenvalue weighted by atomic mass is 127. The maximum absolute atomic E-state index is 5.44. The maximum atomic E-state index is 5.44. The minimum atomic E-state index is 0. The van der Waals surface area contributed by atoms with Gasteiger partial charge in [0.25, 0.3) is 0 Å². The van der Waals surface area contributed by atoms with Gasteiger partial charge in [0.15, 0.2) is 5.96 Å². The van der Waals surface area contributed by atoms with Gasteiger partial charge in [-0.05, 0) is 75.4 Å². The molecule has 0 aliphatic carbocycles. The molecule has 28 heavy (non-hydrogen) atoms. The molecule has 1 aromatic rings. The van der Waals surface area contributed by atoms with Crippen molar-refractivity contribution in [2.75, 3.05) is 51.8 Å². The molecule has 1 saturated heterocycles. The number of hydrogen-bond donors (Lipinski definition) is 2. The zero-order chi connectivity index (χ0) is 19.3. The fraction of sp³-hybridized carbons (Fsp3) is 0.667. The first-order valence-electron chi connectivity index (χ1n) is 10.2.